The maximum atomic E-state index is 12.7. The SMILES string of the molecule is CO[C@]1(C)CC[C@H](CC(=O)N[C@H]2CC[C@H](CCN3CCC(c4noc5cc(Cl)ccc45)CC3)CC2)CC1. The molecule has 1 aromatic heterocycles. The van der Waals surface area contributed by atoms with Crippen LogP contribution in [0.3, 0.4) is 0 Å². The monoisotopic (exact) mass is 529 g/mol. The van der Waals surface area contributed by atoms with E-state index in [0.717, 1.165) is 87.0 Å². The number of hydrogen-bond acceptors (Lipinski definition) is 5. The van der Waals surface area contributed by atoms with Crippen molar-refractivity contribution >= 4 is 28.5 Å². The van der Waals surface area contributed by atoms with Crippen molar-refractivity contribution in [3.63, 3.8) is 0 Å². The van der Waals surface area contributed by atoms with Gasteiger partial charge in [-0.15, -0.1) is 0 Å². The Bertz CT molecular complexity index is 1030. The molecule has 7 heteroatoms. The zero-order chi connectivity index (χ0) is 25.8. The number of carbonyl (C=O) groups excluding carboxylic acids is 1. The predicted molar refractivity (Wildman–Crippen MR) is 148 cm³/mol. The van der Waals surface area contributed by atoms with Crippen LogP contribution in [-0.4, -0.2) is 54.4 Å². The average Bonchev–Trinajstić information content (AvgIpc) is 3.33. The van der Waals surface area contributed by atoms with Crippen LogP contribution in [0.5, 0.6) is 0 Å². The van der Waals surface area contributed by atoms with Crippen LogP contribution >= 0.6 is 11.6 Å². The molecule has 2 saturated carbocycles. The summed E-state index contributed by atoms with van der Waals surface area (Å²) in [6.45, 7) is 5.64. The Morgan fingerprint density at radius 3 is 2.54 bits per heavy atom. The molecule has 2 aromatic rings. The lowest BCUT2D eigenvalue weighted by Gasteiger charge is -2.36. The van der Waals surface area contributed by atoms with Crippen molar-refractivity contribution in [2.24, 2.45) is 11.8 Å². The first-order valence-electron chi connectivity index (χ1n) is 14.5. The smallest absolute Gasteiger partial charge is 0.220 e. The Morgan fingerprint density at radius 1 is 1.11 bits per heavy atom. The number of carbonyl (C=O) groups is 1. The predicted octanol–water partition coefficient (Wildman–Crippen LogP) is 6.71. The normalized spacial score (nSPS) is 30.0. The van der Waals surface area contributed by atoms with Crippen molar-refractivity contribution in [1.29, 1.82) is 0 Å². The molecule has 6 nitrogen and oxygen atoms in total. The molecule has 3 aliphatic rings. The first-order chi connectivity index (χ1) is 17.9. The van der Waals surface area contributed by atoms with Crippen molar-refractivity contribution in [3.8, 4) is 0 Å². The van der Waals surface area contributed by atoms with Crippen LogP contribution in [-0.2, 0) is 9.53 Å². The number of hydrogen-bond donors (Lipinski definition) is 1. The zero-order valence-corrected chi connectivity index (χ0v) is 23.4. The Labute approximate surface area is 226 Å². The number of halogens is 1. The van der Waals surface area contributed by atoms with Crippen LogP contribution in [0.2, 0.25) is 5.02 Å². The molecule has 0 unspecified atom stereocenters. The van der Waals surface area contributed by atoms with E-state index >= 15 is 0 Å². The Kier molecular flexibility index (Phi) is 8.78. The summed E-state index contributed by atoms with van der Waals surface area (Å²) in [5.74, 6) is 2.04. The summed E-state index contributed by atoms with van der Waals surface area (Å²) in [4.78, 5) is 15.3. The number of nitrogens with one attached hydrogen (secondary N) is 1. The van der Waals surface area contributed by atoms with E-state index in [1.807, 2.05) is 25.3 Å². The molecule has 1 N–H and O–H groups in total. The molecule has 2 aliphatic carbocycles. The number of amides is 1. The molecular weight excluding hydrogens is 486 g/mol. The number of fused-ring (bicyclic) bond motifs is 1. The van der Waals surface area contributed by atoms with E-state index < -0.39 is 0 Å². The van der Waals surface area contributed by atoms with Gasteiger partial charge < -0.3 is 19.5 Å². The molecular formula is C30H44ClN3O3. The first-order valence-corrected chi connectivity index (χ1v) is 14.9. The van der Waals surface area contributed by atoms with Gasteiger partial charge in [-0.05, 0) is 121 Å². The van der Waals surface area contributed by atoms with Gasteiger partial charge in [0, 0.05) is 42.0 Å². The molecule has 0 spiro atoms. The van der Waals surface area contributed by atoms with Crippen LogP contribution in [0.15, 0.2) is 22.7 Å². The molecule has 1 amide bonds. The number of ether oxygens (including phenoxy) is 1. The van der Waals surface area contributed by atoms with E-state index in [2.05, 4.69) is 22.3 Å². The lowest BCUT2D eigenvalue weighted by atomic mass is 9.78. The van der Waals surface area contributed by atoms with Crippen LogP contribution < -0.4 is 5.32 Å². The molecule has 1 aliphatic heterocycles. The third-order valence-corrected chi connectivity index (χ3v) is 9.87. The number of benzene rings is 1. The quantitative estimate of drug-likeness (QED) is 0.411. The molecule has 37 heavy (non-hydrogen) atoms. The van der Waals surface area contributed by atoms with E-state index in [-0.39, 0.29) is 11.5 Å². The van der Waals surface area contributed by atoms with Gasteiger partial charge in [0.25, 0.3) is 0 Å². The van der Waals surface area contributed by atoms with Crippen molar-refractivity contribution < 1.29 is 14.1 Å². The van der Waals surface area contributed by atoms with Crippen molar-refractivity contribution in [2.75, 3.05) is 26.7 Å². The minimum absolute atomic E-state index is 0.0163. The number of nitrogens with zero attached hydrogens (tertiary/aromatic N) is 2. The van der Waals surface area contributed by atoms with Gasteiger partial charge in [0.2, 0.25) is 5.91 Å². The maximum absolute atomic E-state index is 12.7. The minimum atomic E-state index is 0.0163. The molecule has 2 heterocycles. The second kappa shape index (κ2) is 12.0. The third kappa shape index (κ3) is 6.88. The molecule has 0 atom stereocenters. The summed E-state index contributed by atoms with van der Waals surface area (Å²) in [6, 6.07) is 6.20. The fourth-order valence-electron chi connectivity index (χ4n) is 6.86. The Hall–Kier alpha value is -1.63. The van der Waals surface area contributed by atoms with Crippen LogP contribution in [0, 0.1) is 11.8 Å². The molecule has 204 valence electrons. The van der Waals surface area contributed by atoms with Gasteiger partial charge >= 0.3 is 0 Å². The van der Waals surface area contributed by atoms with Gasteiger partial charge in [-0.25, -0.2) is 0 Å². The van der Waals surface area contributed by atoms with E-state index in [0.29, 0.717) is 29.3 Å². The maximum Gasteiger partial charge on any atom is 0.220 e. The highest BCUT2D eigenvalue weighted by molar-refractivity contribution is 6.31. The summed E-state index contributed by atoms with van der Waals surface area (Å²) < 4.78 is 11.2. The summed E-state index contributed by atoms with van der Waals surface area (Å²) in [6.07, 6.45) is 13.3. The topological polar surface area (TPSA) is 67.6 Å². The summed E-state index contributed by atoms with van der Waals surface area (Å²) in [7, 11) is 1.81. The number of methoxy groups -OCH3 is 1. The highest BCUT2D eigenvalue weighted by atomic mass is 35.5. The van der Waals surface area contributed by atoms with Crippen molar-refractivity contribution in [1.82, 2.24) is 15.4 Å². The molecule has 3 fully saturated rings. The van der Waals surface area contributed by atoms with Gasteiger partial charge in [0.05, 0.1) is 11.3 Å². The van der Waals surface area contributed by atoms with Gasteiger partial charge in [-0.1, -0.05) is 16.8 Å². The van der Waals surface area contributed by atoms with Gasteiger partial charge in [0.15, 0.2) is 5.58 Å². The summed E-state index contributed by atoms with van der Waals surface area (Å²) in [5, 5.41) is 9.55. The second-order valence-corrected chi connectivity index (χ2v) is 12.6. The van der Waals surface area contributed by atoms with Gasteiger partial charge in [0.1, 0.15) is 0 Å². The van der Waals surface area contributed by atoms with E-state index in [9.17, 15) is 4.79 Å². The molecule has 0 radical (unpaired) electrons. The van der Waals surface area contributed by atoms with Crippen molar-refractivity contribution in [3.05, 3.63) is 28.9 Å². The highest BCUT2D eigenvalue weighted by Gasteiger charge is 2.32. The number of piperidine rings is 1. The zero-order valence-electron chi connectivity index (χ0n) is 22.6. The largest absolute Gasteiger partial charge is 0.379 e. The fraction of sp³-hybridized carbons (Fsp3) is 0.733. The summed E-state index contributed by atoms with van der Waals surface area (Å²) >= 11 is 6.09. The number of aromatic nitrogens is 1. The van der Waals surface area contributed by atoms with E-state index in [1.54, 1.807) is 0 Å². The van der Waals surface area contributed by atoms with Crippen molar-refractivity contribution in [2.45, 2.75) is 102 Å². The van der Waals surface area contributed by atoms with E-state index in [4.69, 9.17) is 20.9 Å². The van der Waals surface area contributed by atoms with E-state index in [1.165, 1.54) is 25.8 Å². The third-order valence-electron chi connectivity index (χ3n) is 9.63. The Balaban J connectivity index is 0.972. The Morgan fingerprint density at radius 2 is 1.84 bits per heavy atom. The van der Waals surface area contributed by atoms with Crippen LogP contribution in [0.1, 0.15) is 95.6 Å². The fourth-order valence-corrected chi connectivity index (χ4v) is 7.02. The number of rotatable bonds is 8. The summed E-state index contributed by atoms with van der Waals surface area (Å²) in [5.41, 5.74) is 1.91. The molecule has 1 saturated heterocycles. The molecule has 1 aromatic carbocycles. The highest BCUT2D eigenvalue weighted by Crippen LogP contribution is 2.36. The van der Waals surface area contributed by atoms with Crippen LogP contribution in [0.4, 0.5) is 0 Å². The lowest BCUT2D eigenvalue weighted by Crippen LogP contribution is -2.40. The van der Waals surface area contributed by atoms with Gasteiger partial charge in [-0.2, -0.15) is 0 Å². The average molecular weight is 530 g/mol. The second-order valence-electron chi connectivity index (χ2n) is 12.2. The lowest BCUT2D eigenvalue weighted by molar-refractivity contribution is -0.124. The van der Waals surface area contributed by atoms with Crippen LogP contribution in [0.25, 0.3) is 11.0 Å². The number of likely N-dealkylation sites (tertiary alicyclic amines) is 1. The first kappa shape index (κ1) is 27.0. The molecule has 0 bridgehead atoms. The van der Waals surface area contributed by atoms with Gasteiger partial charge in [-0.3, -0.25) is 4.79 Å². The standard InChI is InChI=1S/C30H44ClN3O3/c1-30(36-2)14-9-22(10-15-30)19-28(35)32-25-6-3-21(4-7-25)11-16-34-17-12-23(13-18-34)29-26-8-5-24(31)20-27(26)37-33-29/h5,8,20-23,25H,3-4,6-7,9-19H2,1-2H3,(H,32,35)/t21-,22-,25-,30+. The minimum Gasteiger partial charge on any atom is -0.379 e. The molecule has 5 rings (SSSR count).